The molecule has 1 aromatic carbocycles. The molecule has 5 heteroatoms. The van der Waals surface area contributed by atoms with E-state index in [9.17, 15) is 9.59 Å². The van der Waals surface area contributed by atoms with Gasteiger partial charge in [0.25, 0.3) is 0 Å². The molecule has 3 aliphatic rings. The summed E-state index contributed by atoms with van der Waals surface area (Å²) in [6.45, 7) is 3.84. The van der Waals surface area contributed by atoms with E-state index >= 15 is 0 Å². The second-order valence-electron chi connectivity index (χ2n) is 9.56. The van der Waals surface area contributed by atoms with Crippen molar-refractivity contribution in [2.45, 2.75) is 76.8 Å². The normalized spacial score (nSPS) is 25.4. The summed E-state index contributed by atoms with van der Waals surface area (Å²) in [5.41, 5.74) is 4.16. The molecule has 2 fully saturated rings. The molecular weight excluding hydrogens is 374 g/mol. The van der Waals surface area contributed by atoms with Gasteiger partial charge in [0.2, 0.25) is 5.91 Å². The van der Waals surface area contributed by atoms with E-state index < -0.39 is 0 Å². The van der Waals surface area contributed by atoms with Gasteiger partial charge in [-0.3, -0.25) is 4.79 Å². The number of unbranched alkanes of at least 4 members (excludes halogenated alkanes) is 3. The lowest BCUT2D eigenvalue weighted by Crippen LogP contribution is -2.61. The topological polar surface area (TPSA) is 43.9 Å². The molecule has 0 spiro atoms. The van der Waals surface area contributed by atoms with E-state index in [1.54, 1.807) is 19.0 Å². The van der Waals surface area contributed by atoms with Crippen LogP contribution < -0.4 is 0 Å². The molecule has 0 aromatic heterocycles. The molecular formula is C25H37N3O2. The van der Waals surface area contributed by atoms with Crippen LogP contribution in [0, 0.1) is 5.92 Å². The van der Waals surface area contributed by atoms with Crippen LogP contribution in [0.1, 0.15) is 74.6 Å². The van der Waals surface area contributed by atoms with Gasteiger partial charge >= 0.3 is 6.03 Å². The molecule has 0 bridgehead atoms. The summed E-state index contributed by atoms with van der Waals surface area (Å²) >= 11 is 0. The zero-order valence-corrected chi connectivity index (χ0v) is 18.9. The maximum Gasteiger partial charge on any atom is 0.319 e. The number of benzene rings is 1. The first-order chi connectivity index (χ1) is 14.5. The minimum absolute atomic E-state index is 0.0294. The summed E-state index contributed by atoms with van der Waals surface area (Å²) in [5.74, 6) is 0.236. The average molecular weight is 412 g/mol. The van der Waals surface area contributed by atoms with Crippen molar-refractivity contribution in [3.63, 3.8) is 0 Å². The summed E-state index contributed by atoms with van der Waals surface area (Å²) < 4.78 is 0. The number of fused-ring (bicyclic) bond motifs is 4. The smallest absolute Gasteiger partial charge is 0.319 e. The van der Waals surface area contributed by atoms with Crippen LogP contribution in [0.3, 0.4) is 0 Å². The fourth-order valence-corrected chi connectivity index (χ4v) is 5.77. The van der Waals surface area contributed by atoms with Crippen LogP contribution in [0.25, 0.3) is 0 Å². The highest BCUT2D eigenvalue weighted by atomic mass is 16.2. The van der Waals surface area contributed by atoms with Crippen LogP contribution in [-0.2, 0) is 17.6 Å². The number of rotatable bonds is 5. The maximum atomic E-state index is 13.4. The Balaban J connectivity index is 1.55. The van der Waals surface area contributed by atoms with Gasteiger partial charge < -0.3 is 14.7 Å². The summed E-state index contributed by atoms with van der Waals surface area (Å²) in [6, 6.07) is 7.13. The number of aryl methyl sites for hydroxylation is 1. The number of piperidine rings is 2. The maximum absolute atomic E-state index is 13.4. The highest BCUT2D eigenvalue weighted by molar-refractivity contribution is 5.83. The van der Waals surface area contributed by atoms with Gasteiger partial charge in [0.15, 0.2) is 0 Å². The Morgan fingerprint density at radius 1 is 1.17 bits per heavy atom. The number of likely N-dealkylation sites (tertiary alicyclic amines) is 1. The monoisotopic (exact) mass is 411 g/mol. The Morgan fingerprint density at radius 2 is 2.00 bits per heavy atom. The number of nitrogens with zero attached hydrogens (tertiary/aromatic N) is 3. The van der Waals surface area contributed by atoms with Crippen molar-refractivity contribution in [2.24, 2.45) is 5.92 Å². The Kier molecular flexibility index (Phi) is 6.35. The number of carbonyl (C=O) groups is 2. The molecule has 0 N–H and O–H groups in total. The van der Waals surface area contributed by atoms with Crippen molar-refractivity contribution in [3.8, 4) is 0 Å². The lowest BCUT2D eigenvalue weighted by atomic mass is 9.76. The third-order valence-electron chi connectivity index (χ3n) is 7.36. The summed E-state index contributed by atoms with van der Waals surface area (Å²) in [4.78, 5) is 31.9. The first-order valence-corrected chi connectivity index (χ1v) is 11.9. The van der Waals surface area contributed by atoms with Gasteiger partial charge in [-0.25, -0.2) is 4.79 Å². The third kappa shape index (κ3) is 3.95. The first-order valence-electron chi connectivity index (χ1n) is 11.9. The van der Waals surface area contributed by atoms with Gasteiger partial charge in [-0.05, 0) is 55.2 Å². The van der Waals surface area contributed by atoms with E-state index in [0.29, 0.717) is 0 Å². The minimum atomic E-state index is -0.0294. The Labute approximate surface area is 181 Å². The van der Waals surface area contributed by atoms with Gasteiger partial charge in [0.05, 0.1) is 12.0 Å². The van der Waals surface area contributed by atoms with Crippen LogP contribution in [0.4, 0.5) is 4.79 Å². The van der Waals surface area contributed by atoms with Crippen molar-refractivity contribution in [3.05, 3.63) is 34.9 Å². The molecule has 0 aliphatic carbocycles. The predicted octanol–water partition coefficient (Wildman–Crippen LogP) is 4.40. The molecule has 1 aromatic rings. The number of urea groups is 1. The zero-order valence-electron chi connectivity index (χ0n) is 18.9. The third-order valence-corrected chi connectivity index (χ3v) is 7.36. The van der Waals surface area contributed by atoms with E-state index in [0.717, 1.165) is 45.2 Å². The molecule has 5 nitrogen and oxygen atoms in total. The van der Waals surface area contributed by atoms with Crippen molar-refractivity contribution in [2.75, 3.05) is 27.2 Å². The van der Waals surface area contributed by atoms with E-state index in [1.807, 2.05) is 4.90 Å². The molecule has 3 unspecified atom stereocenters. The Morgan fingerprint density at radius 3 is 2.77 bits per heavy atom. The lowest BCUT2D eigenvalue weighted by molar-refractivity contribution is -0.148. The van der Waals surface area contributed by atoms with Gasteiger partial charge in [0.1, 0.15) is 0 Å². The van der Waals surface area contributed by atoms with E-state index in [-0.39, 0.29) is 29.9 Å². The van der Waals surface area contributed by atoms with Crippen LogP contribution in [0.15, 0.2) is 18.2 Å². The lowest BCUT2D eigenvalue weighted by Gasteiger charge is -2.51. The largest absolute Gasteiger partial charge is 0.335 e. The van der Waals surface area contributed by atoms with Crippen molar-refractivity contribution < 1.29 is 9.59 Å². The molecule has 3 amide bonds. The quantitative estimate of drug-likeness (QED) is 0.674. The van der Waals surface area contributed by atoms with Crippen molar-refractivity contribution in [1.29, 1.82) is 0 Å². The van der Waals surface area contributed by atoms with Crippen molar-refractivity contribution in [1.82, 2.24) is 14.7 Å². The molecule has 3 aliphatic heterocycles. The number of hydrogen-bond donors (Lipinski definition) is 0. The van der Waals surface area contributed by atoms with E-state index in [1.165, 1.54) is 42.4 Å². The minimum Gasteiger partial charge on any atom is -0.335 e. The van der Waals surface area contributed by atoms with Crippen LogP contribution in [0.5, 0.6) is 0 Å². The zero-order chi connectivity index (χ0) is 21.3. The average Bonchev–Trinajstić information content (AvgIpc) is 2.75. The van der Waals surface area contributed by atoms with Crippen LogP contribution in [0.2, 0.25) is 0 Å². The van der Waals surface area contributed by atoms with Crippen molar-refractivity contribution >= 4 is 11.9 Å². The van der Waals surface area contributed by atoms with Gasteiger partial charge in [0, 0.05) is 33.2 Å². The molecule has 0 radical (unpaired) electrons. The number of carbonyl (C=O) groups excluding carboxylic acids is 2. The molecule has 30 heavy (non-hydrogen) atoms. The van der Waals surface area contributed by atoms with Crippen LogP contribution >= 0.6 is 0 Å². The highest BCUT2D eigenvalue weighted by Gasteiger charge is 2.48. The summed E-state index contributed by atoms with van der Waals surface area (Å²) in [7, 11) is 3.61. The summed E-state index contributed by atoms with van der Waals surface area (Å²) in [5, 5.41) is 0. The van der Waals surface area contributed by atoms with Gasteiger partial charge in [-0.2, -0.15) is 0 Å². The fourth-order valence-electron chi connectivity index (χ4n) is 5.77. The second kappa shape index (κ2) is 8.99. The molecule has 4 rings (SSSR count). The predicted molar refractivity (Wildman–Crippen MR) is 119 cm³/mol. The first kappa shape index (κ1) is 21.2. The Bertz CT molecular complexity index is 791. The molecule has 0 saturated carbocycles. The van der Waals surface area contributed by atoms with Gasteiger partial charge in [-0.15, -0.1) is 0 Å². The second-order valence-corrected chi connectivity index (χ2v) is 9.56. The number of hydrogen-bond acceptors (Lipinski definition) is 2. The molecule has 2 saturated heterocycles. The fraction of sp³-hybridized carbons (Fsp3) is 0.680. The van der Waals surface area contributed by atoms with Gasteiger partial charge in [-0.1, -0.05) is 44.4 Å². The van der Waals surface area contributed by atoms with E-state index in [2.05, 4.69) is 30.0 Å². The molecule has 3 heterocycles. The standard InChI is InChI=1S/C25H37N3O2/c1-4-5-6-7-9-18-11-12-20-19(16-18)13-15-27-22(20)17-23-21(24(27)29)10-8-14-28(23)25(30)26(2)3/h11-12,16,21-23H,4-10,13-15,17H2,1-3H3. The number of amides is 3. The Hall–Kier alpha value is -2.04. The SMILES string of the molecule is CCCCCCc1ccc2c(c1)CCN1C(=O)C3CCCN(C(=O)N(C)C)C3CC21. The molecule has 164 valence electrons. The van der Waals surface area contributed by atoms with E-state index in [4.69, 9.17) is 0 Å². The highest BCUT2D eigenvalue weighted by Crippen LogP contribution is 2.44. The molecule has 3 atom stereocenters. The summed E-state index contributed by atoms with van der Waals surface area (Å²) in [6.07, 6.45) is 9.95. The van der Waals surface area contributed by atoms with Crippen LogP contribution in [-0.4, -0.2) is 59.9 Å².